The van der Waals surface area contributed by atoms with Crippen molar-refractivity contribution >= 4 is 64.4 Å². The highest BCUT2D eigenvalue weighted by atomic mass is 35.5. The van der Waals surface area contributed by atoms with E-state index >= 15 is 0 Å². The van der Waals surface area contributed by atoms with Gasteiger partial charge in [0.05, 0.1) is 20.8 Å². The van der Waals surface area contributed by atoms with Gasteiger partial charge in [0.15, 0.2) is 0 Å². The van der Waals surface area contributed by atoms with Gasteiger partial charge in [-0.15, -0.1) is 0 Å². The number of halogens is 3. The molecule has 4 rings (SSSR count). The van der Waals surface area contributed by atoms with E-state index in [4.69, 9.17) is 39.5 Å². The third-order valence-electron chi connectivity index (χ3n) is 5.36. The van der Waals surface area contributed by atoms with Gasteiger partial charge in [0.25, 0.3) is 11.8 Å². The maximum absolute atomic E-state index is 13.2. The maximum atomic E-state index is 13.2. The van der Waals surface area contributed by atoms with Crippen LogP contribution in [0.2, 0.25) is 15.1 Å². The fourth-order valence-corrected chi connectivity index (χ4v) is 4.15. The standard InChI is InChI=1S/C26H19Cl3N2O4/c1-2-17-5-3-4-6-22(17)31-25(33)18(24(32)30-26(31)34)11-15-8-10-23(21(29)12-15)35-14-16-7-9-19(27)20(28)13-16/h3-13H,2,14H2,1H3,(H,30,32,34)/b18-11-. The SMILES string of the molecule is CCc1ccccc1N1C(=O)NC(=O)/C(=C/c2ccc(OCc3ccc(Cl)c(Cl)c3)c(Cl)c2)C1=O. The number of nitrogens with one attached hydrogen (secondary N) is 1. The Kier molecular flexibility index (Phi) is 7.45. The Morgan fingerprint density at radius 1 is 0.914 bits per heavy atom. The summed E-state index contributed by atoms with van der Waals surface area (Å²) in [7, 11) is 0. The zero-order valence-electron chi connectivity index (χ0n) is 18.5. The van der Waals surface area contributed by atoms with Crippen LogP contribution >= 0.6 is 34.8 Å². The molecule has 35 heavy (non-hydrogen) atoms. The highest BCUT2D eigenvalue weighted by molar-refractivity contribution is 6.42. The van der Waals surface area contributed by atoms with Gasteiger partial charge in [-0.3, -0.25) is 14.9 Å². The fraction of sp³-hybridized carbons (Fsp3) is 0.115. The van der Waals surface area contributed by atoms with Crippen LogP contribution in [0.1, 0.15) is 23.6 Å². The zero-order valence-corrected chi connectivity index (χ0v) is 20.7. The number of aryl methyl sites for hydroxylation is 1. The summed E-state index contributed by atoms with van der Waals surface area (Å²) in [5.41, 5.74) is 2.35. The number of urea groups is 1. The third kappa shape index (κ3) is 5.35. The number of barbiturate groups is 1. The van der Waals surface area contributed by atoms with E-state index in [0.717, 1.165) is 16.0 Å². The molecule has 1 heterocycles. The second-order valence-electron chi connectivity index (χ2n) is 7.67. The lowest BCUT2D eigenvalue weighted by molar-refractivity contribution is -0.122. The fourth-order valence-electron chi connectivity index (χ4n) is 3.59. The normalized spacial score (nSPS) is 14.9. The largest absolute Gasteiger partial charge is 0.487 e. The highest BCUT2D eigenvalue weighted by Gasteiger charge is 2.37. The number of benzene rings is 3. The third-order valence-corrected chi connectivity index (χ3v) is 6.39. The molecular weight excluding hydrogens is 511 g/mol. The lowest BCUT2D eigenvalue weighted by Gasteiger charge is -2.28. The molecule has 0 aliphatic carbocycles. The van der Waals surface area contributed by atoms with Gasteiger partial charge in [0.2, 0.25) is 0 Å². The summed E-state index contributed by atoms with van der Waals surface area (Å²) in [5, 5.41) is 3.39. The topological polar surface area (TPSA) is 75.7 Å². The van der Waals surface area contributed by atoms with Crippen molar-refractivity contribution in [2.75, 3.05) is 4.90 Å². The number of carbonyl (C=O) groups is 3. The van der Waals surface area contributed by atoms with E-state index in [1.54, 1.807) is 48.5 Å². The number of amides is 4. The number of anilines is 1. The first-order valence-corrected chi connectivity index (χ1v) is 11.8. The number of para-hydroxylation sites is 1. The van der Waals surface area contributed by atoms with Crippen molar-refractivity contribution in [3.63, 3.8) is 0 Å². The molecule has 178 valence electrons. The Balaban J connectivity index is 1.57. The molecule has 1 aliphatic rings. The lowest BCUT2D eigenvalue weighted by Crippen LogP contribution is -2.54. The van der Waals surface area contributed by atoms with Crippen molar-refractivity contribution in [1.82, 2.24) is 5.32 Å². The van der Waals surface area contributed by atoms with Crippen LogP contribution in [-0.2, 0) is 22.6 Å². The molecule has 1 fully saturated rings. The molecule has 0 radical (unpaired) electrons. The summed E-state index contributed by atoms with van der Waals surface area (Å²) >= 11 is 18.3. The number of carbonyl (C=O) groups excluding carboxylic acids is 3. The van der Waals surface area contributed by atoms with Gasteiger partial charge >= 0.3 is 6.03 Å². The van der Waals surface area contributed by atoms with Gasteiger partial charge in [-0.05, 0) is 59.5 Å². The number of imide groups is 2. The number of hydrogen-bond donors (Lipinski definition) is 1. The summed E-state index contributed by atoms with van der Waals surface area (Å²) in [5.74, 6) is -1.08. The molecule has 0 saturated carbocycles. The van der Waals surface area contributed by atoms with E-state index < -0.39 is 17.8 Å². The van der Waals surface area contributed by atoms with Crippen LogP contribution in [0.5, 0.6) is 5.75 Å². The lowest BCUT2D eigenvalue weighted by atomic mass is 10.0. The highest BCUT2D eigenvalue weighted by Crippen LogP contribution is 2.30. The predicted molar refractivity (Wildman–Crippen MR) is 137 cm³/mol. The molecule has 6 nitrogen and oxygen atoms in total. The number of nitrogens with zero attached hydrogens (tertiary/aromatic N) is 1. The maximum Gasteiger partial charge on any atom is 0.335 e. The van der Waals surface area contributed by atoms with Gasteiger partial charge in [-0.25, -0.2) is 9.69 Å². The number of ether oxygens (including phenoxy) is 1. The van der Waals surface area contributed by atoms with Gasteiger partial charge in [0, 0.05) is 0 Å². The van der Waals surface area contributed by atoms with E-state index in [-0.39, 0.29) is 17.2 Å². The van der Waals surface area contributed by atoms with Crippen LogP contribution in [-0.4, -0.2) is 17.8 Å². The summed E-state index contributed by atoms with van der Waals surface area (Å²) in [6.45, 7) is 2.13. The molecule has 3 aromatic carbocycles. The smallest absolute Gasteiger partial charge is 0.335 e. The van der Waals surface area contributed by atoms with Gasteiger partial charge in [-0.2, -0.15) is 0 Å². The molecule has 3 aromatic rings. The minimum Gasteiger partial charge on any atom is -0.487 e. The van der Waals surface area contributed by atoms with E-state index in [0.29, 0.717) is 33.5 Å². The van der Waals surface area contributed by atoms with E-state index in [1.807, 2.05) is 19.1 Å². The van der Waals surface area contributed by atoms with Gasteiger partial charge < -0.3 is 4.74 Å². The molecule has 9 heteroatoms. The summed E-state index contributed by atoms with van der Waals surface area (Å²) in [4.78, 5) is 39.1. The zero-order chi connectivity index (χ0) is 25.1. The van der Waals surface area contributed by atoms with Crippen LogP contribution in [0.15, 0.2) is 66.2 Å². The van der Waals surface area contributed by atoms with Crippen LogP contribution < -0.4 is 15.0 Å². The second-order valence-corrected chi connectivity index (χ2v) is 8.89. The van der Waals surface area contributed by atoms with Crippen molar-refractivity contribution < 1.29 is 19.1 Å². The van der Waals surface area contributed by atoms with Crippen molar-refractivity contribution in [2.45, 2.75) is 20.0 Å². The molecule has 1 aliphatic heterocycles. The Hall–Kier alpha value is -3.32. The molecule has 0 atom stereocenters. The van der Waals surface area contributed by atoms with Crippen LogP contribution in [0.4, 0.5) is 10.5 Å². The summed E-state index contributed by atoms with van der Waals surface area (Å²) < 4.78 is 5.77. The minimum atomic E-state index is -0.790. The van der Waals surface area contributed by atoms with Crippen molar-refractivity contribution in [1.29, 1.82) is 0 Å². The first-order chi connectivity index (χ1) is 16.8. The summed E-state index contributed by atoms with van der Waals surface area (Å²) in [6.07, 6.45) is 2.00. The quantitative estimate of drug-likeness (QED) is 0.294. The number of hydrogen-bond acceptors (Lipinski definition) is 4. The molecule has 4 amide bonds. The average Bonchev–Trinajstić information content (AvgIpc) is 2.83. The first kappa shape index (κ1) is 24.8. The minimum absolute atomic E-state index is 0.184. The van der Waals surface area contributed by atoms with E-state index in [9.17, 15) is 14.4 Å². The Labute approximate surface area is 217 Å². The second kappa shape index (κ2) is 10.5. The van der Waals surface area contributed by atoms with Crippen LogP contribution in [0.25, 0.3) is 6.08 Å². The molecule has 0 bridgehead atoms. The average molecular weight is 530 g/mol. The van der Waals surface area contributed by atoms with Crippen LogP contribution in [0, 0.1) is 0 Å². The van der Waals surface area contributed by atoms with E-state index in [2.05, 4.69) is 5.32 Å². The van der Waals surface area contributed by atoms with Crippen molar-refractivity contribution in [3.05, 3.63) is 98.0 Å². The summed E-state index contributed by atoms with van der Waals surface area (Å²) in [6, 6.07) is 16.3. The number of rotatable bonds is 6. The van der Waals surface area contributed by atoms with E-state index in [1.165, 1.54) is 6.08 Å². The molecule has 1 saturated heterocycles. The molecule has 1 N–H and O–H groups in total. The molecule has 0 spiro atoms. The molecule has 0 aromatic heterocycles. The Morgan fingerprint density at radius 3 is 2.40 bits per heavy atom. The predicted octanol–water partition coefficient (Wildman–Crippen LogP) is 6.45. The first-order valence-electron chi connectivity index (χ1n) is 10.6. The monoisotopic (exact) mass is 528 g/mol. The van der Waals surface area contributed by atoms with Crippen molar-refractivity contribution in [3.8, 4) is 5.75 Å². The van der Waals surface area contributed by atoms with Crippen LogP contribution in [0.3, 0.4) is 0 Å². The Bertz CT molecular complexity index is 1370. The molecule has 0 unspecified atom stereocenters. The molecular formula is C26H19Cl3N2O4. The Morgan fingerprint density at radius 2 is 1.69 bits per heavy atom. The van der Waals surface area contributed by atoms with Gasteiger partial charge in [0.1, 0.15) is 17.9 Å². The van der Waals surface area contributed by atoms with Crippen molar-refractivity contribution in [2.24, 2.45) is 0 Å². The van der Waals surface area contributed by atoms with Gasteiger partial charge in [-0.1, -0.05) is 72.1 Å².